The highest BCUT2D eigenvalue weighted by atomic mass is 16.5. The number of aromatic nitrogens is 2. The van der Waals surface area contributed by atoms with Gasteiger partial charge in [0.25, 0.3) is 0 Å². The summed E-state index contributed by atoms with van der Waals surface area (Å²) in [4.78, 5) is 26.1. The highest BCUT2D eigenvalue weighted by molar-refractivity contribution is 5.92. The molecule has 1 aliphatic rings. The molecule has 32 heavy (non-hydrogen) atoms. The minimum Gasteiger partial charge on any atom is -0.490 e. The maximum atomic E-state index is 12.7. The molecule has 0 radical (unpaired) electrons. The molecule has 0 N–H and O–H groups in total. The van der Waals surface area contributed by atoms with Crippen LogP contribution in [0, 0.1) is 6.92 Å². The van der Waals surface area contributed by atoms with Crippen molar-refractivity contribution in [1.29, 1.82) is 0 Å². The monoisotopic (exact) mass is 438 g/mol. The molecule has 1 saturated heterocycles. The Labute approximate surface area is 191 Å². The summed E-state index contributed by atoms with van der Waals surface area (Å²) in [5.41, 5.74) is 1.88. The summed E-state index contributed by atoms with van der Waals surface area (Å²) >= 11 is 0. The molecule has 3 rings (SSSR count). The van der Waals surface area contributed by atoms with Crippen LogP contribution in [0.4, 0.5) is 5.82 Å². The number of ether oxygens (including phenoxy) is 2. The number of amides is 1. The van der Waals surface area contributed by atoms with Crippen LogP contribution < -0.4 is 14.4 Å². The van der Waals surface area contributed by atoms with Gasteiger partial charge in [0.15, 0.2) is 11.5 Å². The topological polar surface area (TPSA) is 67.8 Å². The van der Waals surface area contributed by atoms with E-state index in [-0.39, 0.29) is 11.8 Å². The van der Waals surface area contributed by atoms with Gasteiger partial charge in [0, 0.05) is 49.9 Å². The van der Waals surface area contributed by atoms with Gasteiger partial charge in [-0.3, -0.25) is 4.79 Å². The van der Waals surface area contributed by atoms with Gasteiger partial charge in [-0.15, -0.1) is 0 Å². The normalized spacial score (nSPS) is 14.3. The van der Waals surface area contributed by atoms with Crippen LogP contribution in [0.5, 0.6) is 11.5 Å². The Morgan fingerprint density at radius 3 is 2.38 bits per heavy atom. The van der Waals surface area contributed by atoms with E-state index in [9.17, 15) is 4.79 Å². The van der Waals surface area contributed by atoms with Crippen molar-refractivity contribution in [3.05, 3.63) is 47.4 Å². The minimum absolute atomic E-state index is 0.0123. The number of benzene rings is 1. The van der Waals surface area contributed by atoms with E-state index in [2.05, 4.69) is 23.7 Å². The number of hydrogen-bond donors (Lipinski definition) is 0. The first-order valence-electron chi connectivity index (χ1n) is 11.4. The highest BCUT2D eigenvalue weighted by Gasteiger charge is 2.21. The molecule has 0 bridgehead atoms. The van der Waals surface area contributed by atoms with Crippen molar-refractivity contribution in [3.63, 3.8) is 0 Å². The molecule has 172 valence electrons. The van der Waals surface area contributed by atoms with Crippen molar-refractivity contribution in [2.24, 2.45) is 0 Å². The Hall–Kier alpha value is -3.09. The largest absolute Gasteiger partial charge is 0.490 e. The molecule has 7 heteroatoms. The second kappa shape index (κ2) is 11.0. The summed E-state index contributed by atoms with van der Waals surface area (Å²) in [6, 6.07) is 7.73. The number of piperazine rings is 1. The van der Waals surface area contributed by atoms with Crippen LogP contribution in [0.1, 0.15) is 50.7 Å². The number of anilines is 1. The zero-order chi connectivity index (χ0) is 23.1. The fourth-order valence-corrected chi connectivity index (χ4v) is 3.59. The Balaban J connectivity index is 1.61. The maximum absolute atomic E-state index is 12.7. The predicted octanol–water partition coefficient (Wildman–Crippen LogP) is 4.07. The van der Waals surface area contributed by atoms with Crippen LogP contribution in [-0.4, -0.2) is 60.2 Å². The molecular formula is C25H34N4O3. The summed E-state index contributed by atoms with van der Waals surface area (Å²) < 4.78 is 11.3. The zero-order valence-electron chi connectivity index (χ0n) is 19.8. The third-order valence-corrected chi connectivity index (χ3v) is 5.28. The summed E-state index contributed by atoms with van der Waals surface area (Å²) in [6.45, 7) is 14.1. The van der Waals surface area contributed by atoms with Crippen molar-refractivity contribution in [2.75, 3.05) is 44.3 Å². The van der Waals surface area contributed by atoms with Crippen molar-refractivity contribution in [1.82, 2.24) is 14.9 Å². The average molecular weight is 439 g/mol. The number of nitrogens with zero attached hydrogens (tertiary/aromatic N) is 4. The second-order valence-electron chi connectivity index (χ2n) is 8.10. The number of rotatable bonds is 8. The van der Waals surface area contributed by atoms with Crippen molar-refractivity contribution in [2.45, 2.75) is 40.5 Å². The van der Waals surface area contributed by atoms with Gasteiger partial charge < -0.3 is 19.3 Å². The van der Waals surface area contributed by atoms with Gasteiger partial charge in [-0.05, 0) is 44.5 Å². The molecule has 1 fully saturated rings. The van der Waals surface area contributed by atoms with Gasteiger partial charge in [0.1, 0.15) is 11.6 Å². The average Bonchev–Trinajstić information content (AvgIpc) is 2.79. The maximum Gasteiger partial charge on any atom is 0.246 e. The smallest absolute Gasteiger partial charge is 0.246 e. The lowest BCUT2D eigenvalue weighted by atomic mass is 10.1. The molecule has 0 saturated carbocycles. The van der Waals surface area contributed by atoms with Crippen LogP contribution >= 0.6 is 0 Å². The van der Waals surface area contributed by atoms with E-state index in [0.717, 1.165) is 41.7 Å². The van der Waals surface area contributed by atoms with Gasteiger partial charge in [0.2, 0.25) is 5.91 Å². The van der Waals surface area contributed by atoms with Crippen molar-refractivity contribution < 1.29 is 14.3 Å². The molecule has 0 aliphatic carbocycles. The Morgan fingerprint density at radius 1 is 1.03 bits per heavy atom. The molecular weight excluding hydrogens is 404 g/mol. The van der Waals surface area contributed by atoms with Crippen LogP contribution in [0.3, 0.4) is 0 Å². The van der Waals surface area contributed by atoms with Crippen LogP contribution in [-0.2, 0) is 4.79 Å². The zero-order valence-corrected chi connectivity index (χ0v) is 19.8. The van der Waals surface area contributed by atoms with Gasteiger partial charge >= 0.3 is 0 Å². The van der Waals surface area contributed by atoms with Gasteiger partial charge in [-0.25, -0.2) is 9.97 Å². The lowest BCUT2D eigenvalue weighted by Crippen LogP contribution is -2.48. The first-order chi connectivity index (χ1) is 15.4. The number of hydrogen-bond acceptors (Lipinski definition) is 6. The fourth-order valence-electron chi connectivity index (χ4n) is 3.59. The van der Waals surface area contributed by atoms with E-state index in [1.807, 2.05) is 56.0 Å². The molecule has 0 spiro atoms. The quantitative estimate of drug-likeness (QED) is 0.579. The van der Waals surface area contributed by atoms with Crippen LogP contribution in [0.2, 0.25) is 0 Å². The Bertz CT molecular complexity index is 950. The van der Waals surface area contributed by atoms with Crippen molar-refractivity contribution in [3.8, 4) is 11.5 Å². The third kappa shape index (κ3) is 5.99. The van der Waals surface area contributed by atoms with Crippen LogP contribution in [0.15, 0.2) is 30.3 Å². The summed E-state index contributed by atoms with van der Waals surface area (Å²) in [5.74, 6) is 3.52. The number of carbonyl (C=O) groups excluding carboxylic acids is 1. The van der Waals surface area contributed by atoms with Crippen LogP contribution in [0.25, 0.3) is 6.08 Å². The molecule has 7 nitrogen and oxygen atoms in total. The first-order valence-corrected chi connectivity index (χ1v) is 11.4. The van der Waals surface area contributed by atoms with E-state index in [4.69, 9.17) is 14.5 Å². The highest BCUT2D eigenvalue weighted by Crippen LogP contribution is 2.29. The predicted molar refractivity (Wildman–Crippen MR) is 127 cm³/mol. The van der Waals surface area contributed by atoms with E-state index >= 15 is 0 Å². The minimum atomic E-state index is 0.0123. The second-order valence-corrected chi connectivity index (χ2v) is 8.10. The molecule has 2 aromatic rings. The van der Waals surface area contributed by atoms with Gasteiger partial charge in [-0.2, -0.15) is 0 Å². The van der Waals surface area contributed by atoms with E-state index in [1.54, 1.807) is 6.08 Å². The third-order valence-electron chi connectivity index (χ3n) is 5.28. The molecule has 0 unspecified atom stereocenters. The lowest BCUT2D eigenvalue weighted by molar-refractivity contribution is -0.126. The number of aryl methyl sites for hydroxylation is 1. The summed E-state index contributed by atoms with van der Waals surface area (Å²) in [6.07, 6.45) is 3.46. The first kappa shape index (κ1) is 23.6. The van der Waals surface area contributed by atoms with E-state index < -0.39 is 0 Å². The Morgan fingerprint density at radius 2 is 1.72 bits per heavy atom. The SMILES string of the molecule is CCOc1ccc(/C=C/C(=O)N2CCN(c3cc(C)nc(C(C)C)n3)CC2)cc1OCC. The molecule has 1 aromatic carbocycles. The fraction of sp³-hybridized carbons (Fsp3) is 0.480. The van der Waals surface area contributed by atoms with Crippen molar-refractivity contribution >= 4 is 17.8 Å². The van der Waals surface area contributed by atoms with E-state index in [0.29, 0.717) is 32.1 Å². The standard InChI is InChI=1S/C25H34N4O3/c1-6-31-21-10-8-20(17-22(21)32-7-2)9-11-24(30)29-14-12-28(13-15-29)23-16-19(5)26-25(27-23)18(3)4/h8-11,16-18H,6-7,12-15H2,1-5H3/b11-9+. The lowest BCUT2D eigenvalue weighted by Gasteiger charge is -2.35. The molecule has 1 amide bonds. The molecule has 0 atom stereocenters. The van der Waals surface area contributed by atoms with Gasteiger partial charge in [0.05, 0.1) is 13.2 Å². The summed E-state index contributed by atoms with van der Waals surface area (Å²) in [5, 5.41) is 0. The number of carbonyl (C=O) groups is 1. The molecule has 1 aliphatic heterocycles. The molecule has 1 aromatic heterocycles. The Kier molecular flexibility index (Phi) is 8.09. The van der Waals surface area contributed by atoms with Gasteiger partial charge in [-0.1, -0.05) is 19.9 Å². The molecule has 2 heterocycles. The summed E-state index contributed by atoms with van der Waals surface area (Å²) in [7, 11) is 0. The van der Waals surface area contributed by atoms with E-state index in [1.165, 1.54) is 0 Å².